The molecule has 0 bridgehead atoms. The van der Waals surface area contributed by atoms with Crippen LogP contribution in [0.15, 0.2) is 52.9 Å². The minimum absolute atomic E-state index is 0. The van der Waals surface area contributed by atoms with Crippen LogP contribution < -0.4 is 10.1 Å². The predicted octanol–water partition coefficient (Wildman–Crippen LogP) is 4.38. The molecule has 0 aliphatic heterocycles. The van der Waals surface area contributed by atoms with E-state index in [-0.39, 0.29) is 24.9 Å². The van der Waals surface area contributed by atoms with Crippen LogP contribution in [-0.4, -0.2) is 38.0 Å². The molecule has 0 unspecified atom stereocenters. The predicted molar refractivity (Wildman–Crippen MR) is 110 cm³/mol. The molecule has 27 heavy (non-hydrogen) atoms. The molecule has 0 aliphatic carbocycles. The van der Waals surface area contributed by atoms with Crippen molar-refractivity contribution in [3.05, 3.63) is 64.9 Å². The molecule has 3 aromatic rings. The van der Waals surface area contributed by atoms with E-state index in [9.17, 15) is 4.79 Å². The third-order valence-electron chi connectivity index (χ3n) is 4.15. The summed E-state index contributed by atoms with van der Waals surface area (Å²) in [6.45, 7) is 1.48. The van der Waals surface area contributed by atoms with Gasteiger partial charge < -0.3 is 19.4 Å². The molecule has 0 spiro atoms. The highest BCUT2D eigenvalue weighted by atomic mass is 35.5. The molecule has 3 rings (SSSR count). The SMILES string of the molecule is CNCCN(C)C(=O)c1oc2ccccc2c1COc1ccccc1Cl.Cl. The van der Waals surface area contributed by atoms with Gasteiger partial charge >= 0.3 is 0 Å². The van der Waals surface area contributed by atoms with Crippen molar-refractivity contribution >= 4 is 40.9 Å². The van der Waals surface area contributed by atoms with Crippen molar-refractivity contribution in [1.82, 2.24) is 10.2 Å². The number of nitrogens with one attached hydrogen (secondary N) is 1. The Kier molecular flexibility index (Phi) is 7.54. The van der Waals surface area contributed by atoms with E-state index < -0.39 is 0 Å². The van der Waals surface area contributed by atoms with Crippen molar-refractivity contribution in [3.63, 3.8) is 0 Å². The molecule has 1 heterocycles. The second-order valence-electron chi connectivity index (χ2n) is 5.96. The Morgan fingerprint density at radius 3 is 2.63 bits per heavy atom. The Balaban J connectivity index is 0.00000261. The van der Waals surface area contributed by atoms with Gasteiger partial charge in [0.1, 0.15) is 17.9 Å². The first kappa shape index (κ1) is 21.1. The number of fused-ring (bicyclic) bond motifs is 1. The number of nitrogens with zero attached hydrogens (tertiary/aromatic N) is 1. The maximum absolute atomic E-state index is 12.8. The van der Waals surface area contributed by atoms with Crippen molar-refractivity contribution in [2.75, 3.05) is 27.2 Å². The zero-order valence-electron chi connectivity index (χ0n) is 15.2. The van der Waals surface area contributed by atoms with Crippen LogP contribution in [-0.2, 0) is 6.61 Å². The maximum atomic E-state index is 12.8. The van der Waals surface area contributed by atoms with E-state index in [2.05, 4.69) is 5.32 Å². The lowest BCUT2D eigenvalue weighted by Crippen LogP contribution is -2.33. The van der Waals surface area contributed by atoms with Crippen molar-refractivity contribution in [3.8, 4) is 5.75 Å². The number of halogens is 2. The van der Waals surface area contributed by atoms with E-state index in [0.717, 1.165) is 10.9 Å². The average molecular weight is 409 g/mol. The van der Waals surface area contributed by atoms with Gasteiger partial charge in [0.05, 0.1) is 5.02 Å². The number of hydrogen-bond donors (Lipinski definition) is 1. The molecule has 0 saturated carbocycles. The highest BCUT2D eigenvalue weighted by Crippen LogP contribution is 2.30. The van der Waals surface area contributed by atoms with Gasteiger partial charge in [0.25, 0.3) is 5.91 Å². The summed E-state index contributed by atoms with van der Waals surface area (Å²) >= 11 is 6.16. The van der Waals surface area contributed by atoms with Crippen molar-refractivity contribution in [2.24, 2.45) is 0 Å². The molecule has 5 nitrogen and oxygen atoms in total. The van der Waals surface area contributed by atoms with Gasteiger partial charge in [-0.25, -0.2) is 0 Å². The first-order chi connectivity index (χ1) is 12.6. The van der Waals surface area contributed by atoms with E-state index in [0.29, 0.717) is 35.2 Å². The van der Waals surface area contributed by atoms with Gasteiger partial charge in [-0.3, -0.25) is 4.79 Å². The Morgan fingerprint density at radius 1 is 1.19 bits per heavy atom. The lowest BCUT2D eigenvalue weighted by molar-refractivity contribution is 0.0764. The Labute approximate surface area is 169 Å². The quantitative estimate of drug-likeness (QED) is 0.630. The number of hydrogen-bond acceptors (Lipinski definition) is 4. The molecule has 2 aromatic carbocycles. The number of rotatable bonds is 7. The van der Waals surface area contributed by atoms with Gasteiger partial charge in [-0.1, -0.05) is 41.9 Å². The molecule has 0 atom stereocenters. The zero-order chi connectivity index (χ0) is 18.5. The van der Waals surface area contributed by atoms with Crippen LogP contribution in [0, 0.1) is 0 Å². The summed E-state index contributed by atoms with van der Waals surface area (Å²) in [5, 5.41) is 4.43. The van der Waals surface area contributed by atoms with Gasteiger partial charge in [0.2, 0.25) is 0 Å². The molecule has 7 heteroatoms. The van der Waals surface area contributed by atoms with Gasteiger partial charge in [0.15, 0.2) is 5.76 Å². The minimum atomic E-state index is -0.172. The largest absolute Gasteiger partial charge is 0.487 e. The van der Waals surface area contributed by atoms with Crippen LogP contribution >= 0.6 is 24.0 Å². The summed E-state index contributed by atoms with van der Waals surface area (Å²) in [7, 11) is 3.61. The van der Waals surface area contributed by atoms with Crippen LogP contribution in [0.5, 0.6) is 5.75 Å². The van der Waals surface area contributed by atoms with Crippen molar-refractivity contribution < 1.29 is 13.9 Å². The van der Waals surface area contributed by atoms with E-state index >= 15 is 0 Å². The Bertz CT molecular complexity index is 911. The number of furan rings is 1. The standard InChI is InChI=1S/C20H21ClN2O3.ClH/c1-22-11-12-23(2)20(24)19-15(14-7-3-5-9-17(14)26-19)13-25-18-10-6-4-8-16(18)21;/h3-10,22H,11-13H2,1-2H3;1H. The molecular weight excluding hydrogens is 387 g/mol. The molecule has 1 amide bonds. The lowest BCUT2D eigenvalue weighted by Gasteiger charge is -2.16. The summed E-state index contributed by atoms with van der Waals surface area (Å²) in [5.74, 6) is 0.701. The number of ether oxygens (including phenoxy) is 1. The third kappa shape index (κ3) is 4.75. The number of benzene rings is 2. The molecule has 1 N–H and O–H groups in total. The Hall–Kier alpha value is -2.21. The van der Waals surface area contributed by atoms with Gasteiger partial charge in [-0.2, -0.15) is 0 Å². The lowest BCUT2D eigenvalue weighted by atomic mass is 10.1. The van der Waals surface area contributed by atoms with Crippen molar-refractivity contribution in [1.29, 1.82) is 0 Å². The van der Waals surface area contributed by atoms with Crippen molar-refractivity contribution in [2.45, 2.75) is 6.61 Å². The van der Waals surface area contributed by atoms with Crippen LogP contribution in [0.2, 0.25) is 5.02 Å². The number of likely N-dealkylation sites (N-methyl/N-ethyl adjacent to an activating group) is 2. The summed E-state index contributed by atoms with van der Waals surface area (Å²) in [6, 6.07) is 14.8. The smallest absolute Gasteiger partial charge is 0.289 e. The number of carbonyl (C=O) groups is 1. The van der Waals surface area contributed by atoms with Crippen LogP contribution in [0.3, 0.4) is 0 Å². The van der Waals surface area contributed by atoms with Gasteiger partial charge in [-0.05, 0) is 25.2 Å². The molecule has 0 aliphatic rings. The fourth-order valence-electron chi connectivity index (χ4n) is 2.68. The average Bonchev–Trinajstić information content (AvgIpc) is 3.03. The van der Waals surface area contributed by atoms with E-state index in [1.54, 1.807) is 24.1 Å². The number of amides is 1. The summed E-state index contributed by atoms with van der Waals surface area (Å²) in [6.07, 6.45) is 0. The fourth-order valence-corrected chi connectivity index (χ4v) is 2.87. The fraction of sp³-hybridized carbons (Fsp3) is 0.250. The van der Waals surface area contributed by atoms with Crippen LogP contribution in [0.25, 0.3) is 11.0 Å². The second kappa shape index (κ2) is 9.65. The second-order valence-corrected chi connectivity index (χ2v) is 6.36. The highest BCUT2D eigenvalue weighted by molar-refractivity contribution is 6.32. The summed E-state index contributed by atoms with van der Waals surface area (Å²) in [5.41, 5.74) is 1.39. The van der Waals surface area contributed by atoms with Crippen LogP contribution in [0.1, 0.15) is 16.1 Å². The molecule has 144 valence electrons. The van der Waals surface area contributed by atoms with Crippen LogP contribution in [0.4, 0.5) is 0 Å². The molecule has 0 radical (unpaired) electrons. The first-order valence-electron chi connectivity index (χ1n) is 8.39. The van der Waals surface area contributed by atoms with E-state index in [4.69, 9.17) is 20.8 Å². The number of para-hydroxylation sites is 2. The highest BCUT2D eigenvalue weighted by Gasteiger charge is 2.23. The maximum Gasteiger partial charge on any atom is 0.289 e. The normalized spacial score (nSPS) is 10.5. The third-order valence-corrected chi connectivity index (χ3v) is 4.46. The summed E-state index contributed by atoms with van der Waals surface area (Å²) in [4.78, 5) is 14.5. The Morgan fingerprint density at radius 2 is 1.89 bits per heavy atom. The van der Waals surface area contributed by atoms with Gasteiger partial charge in [0, 0.05) is 31.1 Å². The molecule has 0 saturated heterocycles. The monoisotopic (exact) mass is 408 g/mol. The topological polar surface area (TPSA) is 54.7 Å². The molecular formula is C20H22Cl2N2O3. The van der Waals surface area contributed by atoms with E-state index in [1.807, 2.05) is 43.4 Å². The molecule has 1 aromatic heterocycles. The number of carbonyl (C=O) groups excluding carboxylic acids is 1. The van der Waals surface area contributed by atoms with E-state index in [1.165, 1.54) is 0 Å². The zero-order valence-corrected chi connectivity index (χ0v) is 16.8. The first-order valence-corrected chi connectivity index (χ1v) is 8.77. The van der Waals surface area contributed by atoms with Gasteiger partial charge in [-0.15, -0.1) is 12.4 Å². The summed E-state index contributed by atoms with van der Waals surface area (Å²) < 4.78 is 11.7. The molecule has 0 fully saturated rings. The minimum Gasteiger partial charge on any atom is -0.487 e.